The molecule has 0 aliphatic heterocycles. The molecule has 2 unspecified atom stereocenters. The van der Waals surface area contributed by atoms with E-state index in [9.17, 15) is 0 Å². The summed E-state index contributed by atoms with van der Waals surface area (Å²) in [6.45, 7) is 15.0. The van der Waals surface area contributed by atoms with Gasteiger partial charge in [0, 0.05) is 0 Å². The first-order valence-corrected chi connectivity index (χ1v) is 23.3. The number of allylic oxidation sites excluding steroid dienone is 4. The van der Waals surface area contributed by atoms with Crippen LogP contribution in [0.3, 0.4) is 0 Å². The molecule has 4 aromatic rings. The summed E-state index contributed by atoms with van der Waals surface area (Å²) in [6.07, 6.45) is 0. The summed E-state index contributed by atoms with van der Waals surface area (Å²) in [5.74, 6) is 2.42. The van der Waals surface area contributed by atoms with Crippen LogP contribution in [-0.2, 0) is 18.8 Å². The van der Waals surface area contributed by atoms with Gasteiger partial charge in [0.25, 0.3) is 0 Å². The molecular formula is C33H38Cl2PSiZr. The maximum Gasteiger partial charge on any atom is -1.00 e. The monoisotopic (exact) mass is 653 g/mol. The van der Waals surface area contributed by atoms with E-state index >= 15 is 0 Å². The van der Waals surface area contributed by atoms with Gasteiger partial charge in [0.15, 0.2) is 0 Å². The molecule has 3 aromatic carbocycles. The smallest absolute Gasteiger partial charge is 1.00 e. The molecule has 1 aliphatic rings. The number of benzene rings is 3. The largest absolute Gasteiger partial charge is 1.00 e. The molecule has 0 saturated carbocycles. The van der Waals surface area contributed by atoms with Gasteiger partial charge < -0.3 is 24.8 Å². The van der Waals surface area contributed by atoms with Gasteiger partial charge in [-0.05, 0) is 0 Å². The third-order valence-corrected chi connectivity index (χ3v) is 36.9. The van der Waals surface area contributed by atoms with Crippen molar-refractivity contribution in [3.8, 4) is 0 Å². The summed E-state index contributed by atoms with van der Waals surface area (Å²) in [4.78, 5) is 0. The Kier molecular flexibility index (Phi) is 9.51. The van der Waals surface area contributed by atoms with Crippen LogP contribution >= 0.6 is 8.19 Å². The molecule has 5 rings (SSSR count). The zero-order chi connectivity index (χ0) is 25.6. The normalized spacial score (nSPS) is 18.1. The molecule has 0 spiro atoms. The molecule has 2 atom stereocenters. The minimum absolute atomic E-state index is 0. The van der Waals surface area contributed by atoms with Crippen molar-refractivity contribution in [3.05, 3.63) is 129 Å². The van der Waals surface area contributed by atoms with Crippen molar-refractivity contribution in [3.63, 3.8) is 0 Å². The molecule has 0 bridgehead atoms. The molecule has 1 aromatic heterocycles. The van der Waals surface area contributed by atoms with Crippen molar-refractivity contribution < 1.29 is 43.6 Å². The molecule has 38 heavy (non-hydrogen) atoms. The van der Waals surface area contributed by atoms with Gasteiger partial charge in [-0.1, -0.05) is 0 Å². The van der Waals surface area contributed by atoms with E-state index in [0.717, 1.165) is 0 Å². The van der Waals surface area contributed by atoms with Crippen LogP contribution in [0.5, 0.6) is 0 Å². The predicted octanol–water partition coefficient (Wildman–Crippen LogP) is 0.888. The molecule has 1 heterocycles. The first kappa shape index (κ1) is 31.1. The van der Waals surface area contributed by atoms with Gasteiger partial charge in [-0.25, -0.2) is 0 Å². The van der Waals surface area contributed by atoms with E-state index in [1.54, 1.807) is 27.2 Å². The van der Waals surface area contributed by atoms with E-state index < -0.39 is 27.6 Å². The Balaban J connectivity index is 0.00000200. The van der Waals surface area contributed by atoms with Gasteiger partial charge in [0.2, 0.25) is 0 Å². The Morgan fingerprint density at radius 1 is 0.605 bits per heavy atom. The second-order valence-electron chi connectivity index (χ2n) is 11.0. The topological polar surface area (TPSA) is 0 Å². The average Bonchev–Trinajstić information content (AvgIpc) is 3.52. The first-order valence-electron chi connectivity index (χ1n) is 13.2. The Morgan fingerprint density at radius 2 is 1.03 bits per heavy atom. The molecule has 0 saturated heterocycles. The fraction of sp³-hybridized carbons (Fsp3) is 0.212. The second-order valence-corrected chi connectivity index (χ2v) is 29.8. The summed E-state index contributed by atoms with van der Waals surface area (Å²) in [6, 6.07) is 39.9. The van der Waals surface area contributed by atoms with Gasteiger partial charge in [0.1, 0.15) is 0 Å². The van der Waals surface area contributed by atoms with Crippen molar-refractivity contribution in [2.24, 2.45) is 0 Å². The Bertz CT molecular complexity index is 1350. The molecule has 197 valence electrons. The minimum Gasteiger partial charge on any atom is -1.00 e. The minimum atomic E-state index is -4.72. The van der Waals surface area contributed by atoms with Crippen molar-refractivity contribution in [1.82, 2.24) is 0 Å². The maximum absolute atomic E-state index is 4.72. The van der Waals surface area contributed by atoms with Gasteiger partial charge in [0.05, 0.1) is 0 Å². The van der Waals surface area contributed by atoms with Gasteiger partial charge in [-0.3, -0.25) is 0 Å². The second kappa shape index (κ2) is 11.6. The van der Waals surface area contributed by atoms with E-state index in [4.69, 9.17) is 0 Å². The van der Waals surface area contributed by atoms with E-state index in [-0.39, 0.29) is 29.9 Å². The summed E-state index contributed by atoms with van der Waals surface area (Å²) in [5.41, 5.74) is 4.68. The van der Waals surface area contributed by atoms with Crippen molar-refractivity contribution in [1.29, 1.82) is 0 Å². The quantitative estimate of drug-likeness (QED) is 0.271. The molecule has 0 nitrogen and oxygen atoms in total. The van der Waals surface area contributed by atoms with Crippen molar-refractivity contribution in [2.75, 3.05) is 0 Å². The van der Waals surface area contributed by atoms with Crippen LogP contribution in [0.25, 0.3) is 0 Å². The predicted molar refractivity (Wildman–Crippen MR) is 162 cm³/mol. The number of halogens is 2. The molecule has 1 aliphatic carbocycles. The zero-order valence-electron chi connectivity index (χ0n) is 23.2. The van der Waals surface area contributed by atoms with Crippen LogP contribution in [0.4, 0.5) is 0 Å². The SMILES string of the molecule is CC1=C(C)C(C)([SiH](C)C)[C]([Zr+2]([c]2ccccc2)([c]2ccccc2)([c]2ccccc2)[c]2ccc[pH]2)=C1C.[Cl-].[Cl-]. The van der Waals surface area contributed by atoms with E-state index in [1.807, 2.05) is 0 Å². The van der Waals surface area contributed by atoms with Crippen LogP contribution in [0.2, 0.25) is 18.1 Å². The van der Waals surface area contributed by atoms with Crippen molar-refractivity contribution in [2.45, 2.75) is 45.8 Å². The van der Waals surface area contributed by atoms with E-state index in [1.165, 1.54) is 5.57 Å². The van der Waals surface area contributed by atoms with Crippen LogP contribution in [0, 0.1) is 0 Å². The van der Waals surface area contributed by atoms with Crippen LogP contribution < -0.4 is 37.6 Å². The number of rotatable bonds is 6. The van der Waals surface area contributed by atoms with E-state index in [2.05, 4.69) is 150 Å². The average molecular weight is 656 g/mol. The molecule has 0 amide bonds. The summed E-state index contributed by atoms with van der Waals surface area (Å²) in [7, 11) is -0.490. The molecular weight excluding hydrogens is 618 g/mol. The molecule has 0 radical (unpaired) electrons. The fourth-order valence-electron chi connectivity index (χ4n) is 7.54. The standard InChI is InChI=1S/C11H19Si.3C6H5.C4H4P.2ClH.Zr/c1-8-7-11(4,12(5)6)10(3)9(8)2;3*1-2-4-6-5-3-1;1-2-4-5-3-1;;;/h12H,1-6H3;3*1-5H;1-3,5H;2*1H;/q;;;;;;;+2/p-2. The van der Waals surface area contributed by atoms with Gasteiger partial charge in [-0.2, -0.15) is 0 Å². The maximum atomic E-state index is 2.61. The molecule has 0 fully saturated rings. The first-order chi connectivity index (χ1) is 17.3. The Hall–Kier alpha value is -1.40. The zero-order valence-corrected chi connectivity index (χ0v) is 29.4. The Labute approximate surface area is 246 Å². The fourth-order valence-corrected chi connectivity index (χ4v) is 40.4. The third-order valence-electron chi connectivity index (χ3n) is 9.64. The third kappa shape index (κ3) is 3.94. The van der Waals surface area contributed by atoms with Gasteiger partial charge >= 0.3 is 223 Å². The summed E-state index contributed by atoms with van der Waals surface area (Å²) >= 11 is -4.72. The van der Waals surface area contributed by atoms with Crippen LogP contribution in [-0.4, -0.2) is 8.80 Å². The van der Waals surface area contributed by atoms with Crippen LogP contribution in [0.1, 0.15) is 27.7 Å². The number of hydrogen-bond donors (Lipinski definition) is 0. The number of hydrogen-bond acceptors (Lipinski definition) is 0. The molecule has 5 heteroatoms. The van der Waals surface area contributed by atoms with Crippen LogP contribution in [0.15, 0.2) is 129 Å². The van der Waals surface area contributed by atoms with Gasteiger partial charge in [-0.15, -0.1) is 0 Å². The molecule has 0 N–H and O–H groups in total. The Morgan fingerprint density at radius 3 is 1.37 bits per heavy atom. The summed E-state index contributed by atoms with van der Waals surface area (Å²) < 4.78 is 8.12. The van der Waals surface area contributed by atoms with Crippen molar-refractivity contribution >= 4 is 29.8 Å². The summed E-state index contributed by atoms with van der Waals surface area (Å²) in [5, 5.41) is 0.106. The van der Waals surface area contributed by atoms with E-state index in [0.29, 0.717) is 8.19 Å².